The molecule has 1 aromatic rings. The van der Waals surface area contributed by atoms with Crippen LogP contribution in [0.5, 0.6) is 0 Å². The molecule has 1 atom stereocenters. The van der Waals surface area contributed by atoms with Gasteiger partial charge in [-0.1, -0.05) is 19.3 Å². The molecule has 20 heavy (non-hydrogen) atoms. The molecule has 5 nitrogen and oxygen atoms in total. The molecule has 1 saturated heterocycles. The van der Waals surface area contributed by atoms with Gasteiger partial charge in [-0.3, -0.25) is 0 Å². The fourth-order valence-corrected chi connectivity index (χ4v) is 5.54. The highest BCUT2D eigenvalue weighted by molar-refractivity contribution is 7.91. The van der Waals surface area contributed by atoms with Gasteiger partial charge in [0.25, 0.3) is 0 Å². The van der Waals surface area contributed by atoms with Gasteiger partial charge < -0.3 is 9.88 Å². The van der Waals surface area contributed by atoms with Crippen LogP contribution in [-0.4, -0.2) is 35.0 Å². The number of rotatable bonds is 3. The summed E-state index contributed by atoms with van der Waals surface area (Å²) in [5.74, 6) is 1.31. The highest BCUT2D eigenvalue weighted by Gasteiger charge is 2.39. The summed E-state index contributed by atoms with van der Waals surface area (Å²) in [6, 6.07) is 0.510. The first kappa shape index (κ1) is 13.9. The molecule has 1 aromatic heterocycles. The third kappa shape index (κ3) is 2.85. The van der Waals surface area contributed by atoms with Crippen LogP contribution in [0, 0.1) is 0 Å². The molecular formula is C14H23N3O2S. The van der Waals surface area contributed by atoms with Gasteiger partial charge in [-0.05, 0) is 26.2 Å². The average Bonchev–Trinajstić information content (AvgIpc) is 2.95. The van der Waals surface area contributed by atoms with Crippen LogP contribution in [0.1, 0.15) is 51.5 Å². The zero-order chi connectivity index (χ0) is 14.2. The first-order valence-electron chi connectivity index (χ1n) is 7.49. The van der Waals surface area contributed by atoms with E-state index in [1.54, 1.807) is 0 Å². The first-order chi connectivity index (χ1) is 9.48. The fourth-order valence-electron chi connectivity index (χ4n) is 3.44. The predicted molar refractivity (Wildman–Crippen MR) is 79.6 cm³/mol. The Kier molecular flexibility index (Phi) is 3.52. The number of hydrogen-bond donors (Lipinski definition) is 1. The van der Waals surface area contributed by atoms with Crippen LogP contribution >= 0.6 is 0 Å². The second-order valence-corrected chi connectivity index (χ2v) is 8.66. The van der Waals surface area contributed by atoms with Crippen LogP contribution in [0.15, 0.2) is 12.4 Å². The molecule has 2 heterocycles. The molecule has 2 aliphatic rings. The van der Waals surface area contributed by atoms with Crippen molar-refractivity contribution in [2.24, 2.45) is 0 Å². The summed E-state index contributed by atoms with van der Waals surface area (Å²) in [6.45, 7) is 1.98. The lowest BCUT2D eigenvalue weighted by atomic mass is 9.95. The van der Waals surface area contributed by atoms with Gasteiger partial charge in [0.15, 0.2) is 9.84 Å². The van der Waals surface area contributed by atoms with Crippen LogP contribution in [0.3, 0.4) is 0 Å². The first-order valence-corrected chi connectivity index (χ1v) is 9.31. The summed E-state index contributed by atoms with van der Waals surface area (Å²) in [4.78, 5) is 4.40. The molecule has 0 aromatic carbocycles. The Morgan fingerprint density at radius 2 is 2.10 bits per heavy atom. The van der Waals surface area contributed by atoms with Gasteiger partial charge >= 0.3 is 0 Å². The second kappa shape index (κ2) is 5.06. The van der Waals surface area contributed by atoms with Crippen LogP contribution in [0.25, 0.3) is 0 Å². The average molecular weight is 297 g/mol. The van der Waals surface area contributed by atoms with Crippen LogP contribution in [-0.2, 0) is 9.84 Å². The Morgan fingerprint density at radius 1 is 1.35 bits per heavy atom. The number of nitrogens with one attached hydrogen (secondary N) is 1. The largest absolute Gasteiger partial charge is 0.349 e. The van der Waals surface area contributed by atoms with Crippen molar-refractivity contribution in [2.75, 3.05) is 16.8 Å². The SMILES string of the molecule is CC1(Nc2nccn2C2CCCCC2)CCS(=O)(=O)C1. The Hall–Kier alpha value is -1.04. The number of hydrogen-bond acceptors (Lipinski definition) is 4. The van der Waals surface area contributed by atoms with E-state index in [4.69, 9.17) is 0 Å². The summed E-state index contributed by atoms with van der Waals surface area (Å²) >= 11 is 0. The van der Waals surface area contributed by atoms with Gasteiger partial charge in [0, 0.05) is 18.4 Å². The quantitative estimate of drug-likeness (QED) is 0.930. The smallest absolute Gasteiger partial charge is 0.203 e. The van der Waals surface area contributed by atoms with Crippen molar-refractivity contribution < 1.29 is 8.42 Å². The summed E-state index contributed by atoms with van der Waals surface area (Å²) in [5, 5.41) is 3.39. The van der Waals surface area contributed by atoms with E-state index in [9.17, 15) is 8.42 Å². The minimum atomic E-state index is -2.89. The molecule has 0 bridgehead atoms. The second-order valence-electron chi connectivity index (χ2n) is 6.48. The minimum Gasteiger partial charge on any atom is -0.349 e. The third-order valence-electron chi connectivity index (χ3n) is 4.55. The normalized spacial score (nSPS) is 30.4. The van der Waals surface area contributed by atoms with Crippen molar-refractivity contribution in [2.45, 2.75) is 57.0 Å². The van der Waals surface area contributed by atoms with Crippen LogP contribution < -0.4 is 5.32 Å². The van der Waals surface area contributed by atoms with E-state index < -0.39 is 9.84 Å². The van der Waals surface area contributed by atoms with E-state index in [-0.39, 0.29) is 17.0 Å². The Bertz CT molecular complexity index is 575. The highest BCUT2D eigenvalue weighted by Crippen LogP contribution is 2.32. The summed E-state index contributed by atoms with van der Waals surface area (Å²) in [7, 11) is -2.89. The lowest BCUT2D eigenvalue weighted by Crippen LogP contribution is -2.37. The maximum atomic E-state index is 11.7. The lowest BCUT2D eigenvalue weighted by molar-refractivity contribution is 0.354. The van der Waals surface area contributed by atoms with Gasteiger partial charge in [-0.25, -0.2) is 13.4 Å². The molecule has 1 unspecified atom stereocenters. The van der Waals surface area contributed by atoms with Crippen molar-refractivity contribution in [1.29, 1.82) is 0 Å². The molecule has 112 valence electrons. The van der Waals surface area contributed by atoms with Crippen molar-refractivity contribution in [3.63, 3.8) is 0 Å². The number of nitrogens with zero attached hydrogens (tertiary/aromatic N) is 2. The molecule has 6 heteroatoms. The molecule has 2 fully saturated rings. The maximum absolute atomic E-state index is 11.7. The molecule has 1 aliphatic carbocycles. The van der Waals surface area contributed by atoms with Gasteiger partial charge in [0.2, 0.25) is 5.95 Å². The zero-order valence-electron chi connectivity index (χ0n) is 12.0. The molecule has 0 amide bonds. The van der Waals surface area contributed by atoms with Crippen LogP contribution in [0.2, 0.25) is 0 Å². The van der Waals surface area contributed by atoms with Gasteiger partial charge in [0.1, 0.15) is 0 Å². The number of sulfone groups is 1. The molecule has 0 radical (unpaired) electrons. The maximum Gasteiger partial charge on any atom is 0.203 e. The highest BCUT2D eigenvalue weighted by atomic mass is 32.2. The fraction of sp³-hybridized carbons (Fsp3) is 0.786. The van der Waals surface area contributed by atoms with Crippen molar-refractivity contribution in [3.8, 4) is 0 Å². The van der Waals surface area contributed by atoms with Gasteiger partial charge in [0.05, 0.1) is 17.0 Å². The monoisotopic (exact) mass is 297 g/mol. The summed E-state index contributed by atoms with van der Waals surface area (Å²) < 4.78 is 25.6. The molecular weight excluding hydrogens is 274 g/mol. The third-order valence-corrected chi connectivity index (χ3v) is 6.46. The Morgan fingerprint density at radius 3 is 2.75 bits per heavy atom. The van der Waals surface area contributed by atoms with E-state index in [0.717, 1.165) is 5.95 Å². The topological polar surface area (TPSA) is 64.0 Å². The molecule has 1 aliphatic heterocycles. The summed E-state index contributed by atoms with van der Waals surface area (Å²) in [5.41, 5.74) is -0.378. The molecule has 1 N–H and O–H groups in total. The van der Waals surface area contributed by atoms with E-state index in [1.807, 2.05) is 19.3 Å². The Balaban J connectivity index is 1.77. The Labute approximate surface area is 120 Å². The van der Waals surface area contributed by atoms with Crippen LogP contribution in [0.4, 0.5) is 5.95 Å². The minimum absolute atomic E-state index is 0.206. The van der Waals surface area contributed by atoms with E-state index in [2.05, 4.69) is 14.9 Å². The van der Waals surface area contributed by atoms with E-state index >= 15 is 0 Å². The van der Waals surface area contributed by atoms with Crippen molar-refractivity contribution in [1.82, 2.24) is 9.55 Å². The number of imidazole rings is 1. The van der Waals surface area contributed by atoms with Gasteiger partial charge in [-0.2, -0.15) is 0 Å². The number of anilines is 1. The van der Waals surface area contributed by atoms with E-state index in [1.165, 1.54) is 32.1 Å². The molecule has 0 spiro atoms. The zero-order valence-corrected chi connectivity index (χ0v) is 12.8. The van der Waals surface area contributed by atoms with Crippen molar-refractivity contribution >= 4 is 15.8 Å². The lowest BCUT2D eigenvalue weighted by Gasteiger charge is -2.29. The molecule has 1 saturated carbocycles. The standard InChI is InChI=1S/C14H23N3O2S/c1-14(7-10-20(18,19)11-14)16-13-15-8-9-17(13)12-5-3-2-4-6-12/h8-9,12H,2-7,10-11H2,1H3,(H,15,16). The molecule has 3 rings (SSSR count). The number of aromatic nitrogens is 2. The van der Waals surface area contributed by atoms with Gasteiger partial charge in [-0.15, -0.1) is 0 Å². The van der Waals surface area contributed by atoms with Crippen molar-refractivity contribution in [3.05, 3.63) is 12.4 Å². The summed E-state index contributed by atoms with van der Waals surface area (Å²) in [6.07, 6.45) is 10.7. The predicted octanol–water partition coefficient (Wildman–Crippen LogP) is 2.38. The van der Waals surface area contributed by atoms with E-state index in [0.29, 0.717) is 12.5 Å².